The summed E-state index contributed by atoms with van der Waals surface area (Å²) < 4.78 is 1.63. The first kappa shape index (κ1) is 21.2. The number of nitro benzene ring substituents is 1. The van der Waals surface area contributed by atoms with Gasteiger partial charge < -0.3 is 5.32 Å². The fraction of sp³-hybridized carbons (Fsp3) is 0. The number of nitro groups is 1. The van der Waals surface area contributed by atoms with Crippen molar-refractivity contribution in [3.05, 3.63) is 99.7 Å². The van der Waals surface area contributed by atoms with Gasteiger partial charge in [0.25, 0.3) is 11.6 Å². The number of rotatable bonds is 5. The van der Waals surface area contributed by atoms with E-state index in [4.69, 9.17) is 11.6 Å². The molecule has 0 saturated heterocycles. The summed E-state index contributed by atoms with van der Waals surface area (Å²) in [6.45, 7) is 0. The third kappa shape index (κ3) is 4.05. The molecule has 3 aromatic heterocycles. The molecule has 5 rings (SSSR count). The zero-order valence-electron chi connectivity index (χ0n) is 17.3. The van der Waals surface area contributed by atoms with Gasteiger partial charge in [-0.2, -0.15) is 9.61 Å². The molecule has 2 aromatic carbocycles. The minimum Gasteiger partial charge on any atom is -0.322 e. The Labute approximate surface area is 197 Å². The third-order valence-electron chi connectivity index (χ3n) is 5.00. The summed E-state index contributed by atoms with van der Waals surface area (Å²) in [6.07, 6.45) is 1.68. The predicted molar refractivity (Wildman–Crippen MR) is 126 cm³/mol. The highest BCUT2D eigenvalue weighted by Crippen LogP contribution is 2.25. The van der Waals surface area contributed by atoms with Crippen molar-refractivity contribution in [1.82, 2.24) is 24.8 Å². The first-order chi connectivity index (χ1) is 16.5. The normalized spacial score (nSPS) is 10.9. The fourth-order valence-corrected chi connectivity index (χ4v) is 3.58. The second-order valence-electron chi connectivity index (χ2n) is 7.18. The van der Waals surface area contributed by atoms with Crippen LogP contribution in [0.3, 0.4) is 0 Å². The van der Waals surface area contributed by atoms with E-state index < -0.39 is 10.8 Å². The van der Waals surface area contributed by atoms with E-state index in [2.05, 4.69) is 25.6 Å². The van der Waals surface area contributed by atoms with Crippen molar-refractivity contribution in [2.75, 3.05) is 5.32 Å². The van der Waals surface area contributed by atoms with Crippen LogP contribution in [0.15, 0.2) is 79.0 Å². The molecular weight excluding hydrogens is 458 g/mol. The Balaban J connectivity index is 1.38. The number of pyridine rings is 1. The fourth-order valence-electron chi connectivity index (χ4n) is 3.32. The van der Waals surface area contributed by atoms with Gasteiger partial charge >= 0.3 is 0 Å². The zero-order valence-corrected chi connectivity index (χ0v) is 18.0. The average molecular weight is 472 g/mol. The van der Waals surface area contributed by atoms with Crippen LogP contribution in [-0.4, -0.2) is 35.6 Å². The number of nitrogens with zero attached hydrogens (tertiary/aromatic N) is 6. The van der Waals surface area contributed by atoms with Crippen molar-refractivity contribution >= 4 is 34.5 Å². The minimum absolute atomic E-state index is 0.00141. The van der Waals surface area contributed by atoms with E-state index in [0.717, 1.165) is 11.6 Å². The van der Waals surface area contributed by atoms with Crippen molar-refractivity contribution in [3.63, 3.8) is 0 Å². The van der Waals surface area contributed by atoms with E-state index in [9.17, 15) is 14.9 Å². The van der Waals surface area contributed by atoms with Gasteiger partial charge in [0.1, 0.15) is 5.69 Å². The van der Waals surface area contributed by atoms with Crippen LogP contribution in [0.1, 0.15) is 10.4 Å². The summed E-state index contributed by atoms with van der Waals surface area (Å²) in [6, 6.07) is 19.9. The second-order valence-corrected chi connectivity index (χ2v) is 7.59. The van der Waals surface area contributed by atoms with Crippen LogP contribution in [-0.2, 0) is 0 Å². The number of carbonyl (C=O) groups is 1. The molecule has 0 aliphatic heterocycles. The highest BCUT2D eigenvalue weighted by molar-refractivity contribution is 6.34. The molecule has 0 fully saturated rings. The molecule has 0 radical (unpaired) electrons. The summed E-state index contributed by atoms with van der Waals surface area (Å²) in [7, 11) is 0. The molecule has 3 heterocycles. The van der Waals surface area contributed by atoms with E-state index in [-0.39, 0.29) is 16.3 Å². The monoisotopic (exact) mass is 471 g/mol. The first-order valence-electron chi connectivity index (χ1n) is 9.99. The number of benzene rings is 2. The molecule has 0 bridgehead atoms. The van der Waals surface area contributed by atoms with Gasteiger partial charge in [0.05, 0.1) is 21.2 Å². The Morgan fingerprint density at radius 1 is 0.971 bits per heavy atom. The lowest BCUT2D eigenvalue weighted by Crippen LogP contribution is -2.12. The number of nitrogens with one attached hydrogen (secondary N) is 1. The molecule has 1 N–H and O–H groups in total. The van der Waals surface area contributed by atoms with Gasteiger partial charge in [0.2, 0.25) is 5.82 Å². The van der Waals surface area contributed by atoms with Crippen LogP contribution in [0.25, 0.3) is 28.4 Å². The number of amides is 1. The highest BCUT2D eigenvalue weighted by atomic mass is 35.5. The molecule has 0 atom stereocenters. The first-order valence-corrected chi connectivity index (χ1v) is 10.4. The molecule has 0 unspecified atom stereocenters. The number of halogens is 1. The van der Waals surface area contributed by atoms with Gasteiger partial charge in [-0.1, -0.05) is 29.8 Å². The van der Waals surface area contributed by atoms with Crippen LogP contribution in [0.5, 0.6) is 0 Å². The molecule has 0 aliphatic rings. The summed E-state index contributed by atoms with van der Waals surface area (Å²) in [4.78, 5) is 27.1. The standard InChI is InChI=1S/C23H14ClN7O3/c24-18-13-16(31(33)34)8-9-17(18)23(32)26-15-6-4-14(5-7-15)19-10-11-21-27-28-22(30(21)29-19)20-3-1-2-12-25-20/h1-13H,(H,26,32). The van der Waals surface area contributed by atoms with Crippen LogP contribution in [0.2, 0.25) is 5.02 Å². The van der Waals surface area contributed by atoms with Gasteiger partial charge in [0, 0.05) is 29.6 Å². The number of non-ortho nitro benzene ring substituents is 1. The van der Waals surface area contributed by atoms with E-state index >= 15 is 0 Å². The van der Waals surface area contributed by atoms with Crippen molar-refractivity contribution in [1.29, 1.82) is 0 Å². The van der Waals surface area contributed by atoms with E-state index in [0.29, 0.717) is 28.5 Å². The Kier molecular flexibility index (Phi) is 5.40. The smallest absolute Gasteiger partial charge is 0.270 e. The molecule has 10 nitrogen and oxygen atoms in total. The largest absolute Gasteiger partial charge is 0.322 e. The van der Waals surface area contributed by atoms with Gasteiger partial charge in [-0.05, 0) is 42.5 Å². The maximum absolute atomic E-state index is 12.6. The Hall–Kier alpha value is -4.70. The third-order valence-corrected chi connectivity index (χ3v) is 5.32. The van der Waals surface area contributed by atoms with E-state index in [1.807, 2.05) is 42.5 Å². The molecule has 0 spiro atoms. The number of carbonyl (C=O) groups excluding carboxylic acids is 1. The van der Waals surface area contributed by atoms with E-state index in [1.165, 1.54) is 12.1 Å². The average Bonchev–Trinajstić information content (AvgIpc) is 3.28. The van der Waals surface area contributed by atoms with Crippen molar-refractivity contribution < 1.29 is 9.72 Å². The summed E-state index contributed by atoms with van der Waals surface area (Å²) in [5.41, 5.74) is 3.22. The molecule has 1 amide bonds. The number of anilines is 1. The maximum Gasteiger partial charge on any atom is 0.270 e. The summed E-state index contributed by atoms with van der Waals surface area (Å²) in [5, 5.41) is 26.6. The van der Waals surface area contributed by atoms with Crippen LogP contribution in [0.4, 0.5) is 11.4 Å². The molecule has 0 aliphatic carbocycles. The molecule has 11 heteroatoms. The molecule has 166 valence electrons. The van der Waals surface area contributed by atoms with Crippen molar-refractivity contribution in [2.24, 2.45) is 0 Å². The zero-order chi connectivity index (χ0) is 23.7. The van der Waals surface area contributed by atoms with Crippen LogP contribution >= 0.6 is 11.6 Å². The number of hydrogen-bond donors (Lipinski definition) is 1. The predicted octanol–water partition coefficient (Wildman–Crippen LogP) is 4.67. The lowest BCUT2D eigenvalue weighted by atomic mass is 10.1. The van der Waals surface area contributed by atoms with Gasteiger partial charge in [0.15, 0.2) is 5.65 Å². The molecular formula is C23H14ClN7O3. The lowest BCUT2D eigenvalue weighted by Gasteiger charge is -2.08. The van der Waals surface area contributed by atoms with Gasteiger partial charge in [-0.15, -0.1) is 10.2 Å². The number of aromatic nitrogens is 5. The number of fused-ring (bicyclic) bond motifs is 1. The van der Waals surface area contributed by atoms with Gasteiger partial charge in [-0.25, -0.2) is 0 Å². The van der Waals surface area contributed by atoms with Crippen molar-refractivity contribution in [2.45, 2.75) is 0 Å². The molecule has 34 heavy (non-hydrogen) atoms. The van der Waals surface area contributed by atoms with Gasteiger partial charge in [-0.3, -0.25) is 19.9 Å². The van der Waals surface area contributed by atoms with Crippen molar-refractivity contribution in [3.8, 4) is 22.8 Å². The quantitative estimate of drug-likeness (QED) is 0.291. The molecule has 5 aromatic rings. The second kappa shape index (κ2) is 8.68. The van der Waals surface area contributed by atoms with E-state index in [1.54, 1.807) is 22.8 Å². The molecule has 0 saturated carbocycles. The summed E-state index contributed by atoms with van der Waals surface area (Å²) >= 11 is 6.04. The Morgan fingerprint density at radius 3 is 2.50 bits per heavy atom. The van der Waals surface area contributed by atoms with Crippen LogP contribution in [0, 0.1) is 10.1 Å². The lowest BCUT2D eigenvalue weighted by molar-refractivity contribution is -0.384. The topological polar surface area (TPSA) is 128 Å². The number of hydrogen-bond acceptors (Lipinski definition) is 7. The Morgan fingerprint density at radius 2 is 1.79 bits per heavy atom. The summed E-state index contributed by atoms with van der Waals surface area (Å²) in [5.74, 6) is 0.0537. The highest BCUT2D eigenvalue weighted by Gasteiger charge is 2.16. The van der Waals surface area contributed by atoms with Crippen LogP contribution < -0.4 is 5.32 Å². The Bertz CT molecular complexity index is 1540. The maximum atomic E-state index is 12.6. The SMILES string of the molecule is O=C(Nc1ccc(-c2ccc3nnc(-c4ccccn4)n3n2)cc1)c1ccc([N+](=O)[O-])cc1Cl. The minimum atomic E-state index is -0.573.